The molecule has 3 heterocycles. The molecule has 4 rings (SSSR count). The van der Waals surface area contributed by atoms with Gasteiger partial charge in [0.25, 0.3) is 11.8 Å². The van der Waals surface area contributed by atoms with Crippen LogP contribution in [0.15, 0.2) is 48.1 Å². The molecule has 3 aromatic heterocycles. The van der Waals surface area contributed by atoms with Gasteiger partial charge in [-0.05, 0) is 34.7 Å². The Morgan fingerprint density at radius 3 is 2.53 bits per heavy atom. The predicted molar refractivity (Wildman–Crippen MR) is 118 cm³/mol. The Hall–Kier alpha value is -3.70. The van der Waals surface area contributed by atoms with Crippen LogP contribution in [0.5, 0.6) is 0 Å². The topological polar surface area (TPSA) is 138 Å². The predicted octanol–water partition coefficient (Wildman–Crippen LogP) is 2.79. The summed E-state index contributed by atoms with van der Waals surface area (Å²) in [6, 6.07) is 10.3. The number of hydrogen-bond acceptors (Lipinski definition) is 8. The molecule has 0 unspecified atom stereocenters. The minimum Gasteiger partial charge on any atom is -0.347 e. The molecule has 12 heteroatoms. The van der Waals surface area contributed by atoms with Gasteiger partial charge in [-0.2, -0.15) is 5.21 Å². The number of carbonyl (C=O) groups is 2. The maximum Gasteiger partial charge on any atom is 0.270 e. The lowest BCUT2D eigenvalue weighted by molar-refractivity contribution is 0.0934. The summed E-state index contributed by atoms with van der Waals surface area (Å²) >= 11 is 7.28. The largest absolute Gasteiger partial charge is 0.347 e. The fraction of sp³-hybridized carbons (Fsp3) is 0.150. The van der Waals surface area contributed by atoms with Crippen molar-refractivity contribution < 1.29 is 9.59 Å². The summed E-state index contributed by atoms with van der Waals surface area (Å²) in [5, 5.41) is 21.3. The van der Waals surface area contributed by atoms with Gasteiger partial charge in [-0.1, -0.05) is 35.9 Å². The highest BCUT2D eigenvalue weighted by atomic mass is 35.5. The Balaban J connectivity index is 1.38. The van der Waals surface area contributed by atoms with Gasteiger partial charge in [-0.3, -0.25) is 9.59 Å². The molecule has 162 valence electrons. The van der Waals surface area contributed by atoms with E-state index < -0.39 is 11.8 Å². The van der Waals surface area contributed by atoms with Gasteiger partial charge < -0.3 is 10.6 Å². The Kier molecular flexibility index (Phi) is 6.47. The van der Waals surface area contributed by atoms with E-state index in [1.165, 1.54) is 23.7 Å². The van der Waals surface area contributed by atoms with Gasteiger partial charge in [0, 0.05) is 18.2 Å². The van der Waals surface area contributed by atoms with Gasteiger partial charge in [-0.15, -0.1) is 21.5 Å². The highest BCUT2D eigenvalue weighted by Crippen LogP contribution is 2.20. The molecule has 0 bridgehead atoms. The number of carbonyl (C=O) groups excluding carboxylic acids is 2. The molecule has 1 atom stereocenters. The van der Waals surface area contributed by atoms with Gasteiger partial charge in [0.1, 0.15) is 17.7 Å². The molecule has 4 aromatic rings. The van der Waals surface area contributed by atoms with Crippen LogP contribution in [0, 0.1) is 0 Å². The number of thiophene rings is 1. The second kappa shape index (κ2) is 9.62. The third-order valence-corrected chi connectivity index (χ3v) is 5.71. The number of nitrogens with one attached hydrogen (secondary N) is 3. The summed E-state index contributed by atoms with van der Waals surface area (Å²) < 4.78 is 0.647. The Morgan fingerprint density at radius 1 is 1.12 bits per heavy atom. The molecule has 0 aliphatic rings. The molecule has 10 nitrogen and oxygen atoms in total. The number of nitrogens with zero attached hydrogens (tertiary/aromatic N) is 5. The number of benzene rings is 1. The van der Waals surface area contributed by atoms with Crippen molar-refractivity contribution >= 4 is 34.8 Å². The first kappa shape index (κ1) is 21.5. The molecule has 32 heavy (non-hydrogen) atoms. The van der Waals surface area contributed by atoms with Crippen LogP contribution in [0.25, 0.3) is 11.4 Å². The second-order valence-corrected chi connectivity index (χ2v) is 8.33. The quantitative estimate of drug-likeness (QED) is 0.379. The first-order chi connectivity index (χ1) is 15.5. The van der Waals surface area contributed by atoms with Gasteiger partial charge in [0.15, 0.2) is 0 Å². The van der Waals surface area contributed by atoms with Crippen LogP contribution in [-0.4, -0.2) is 42.4 Å². The normalized spacial score (nSPS) is 11.7. The first-order valence-electron chi connectivity index (χ1n) is 9.47. The summed E-state index contributed by atoms with van der Waals surface area (Å²) in [5.74, 6) is -0.336. The van der Waals surface area contributed by atoms with E-state index in [-0.39, 0.29) is 17.4 Å². The highest BCUT2D eigenvalue weighted by Gasteiger charge is 2.16. The fourth-order valence-corrected chi connectivity index (χ4v) is 3.78. The third-order valence-electron chi connectivity index (χ3n) is 4.57. The molecule has 2 amide bonds. The third kappa shape index (κ3) is 5.13. The van der Waals surface area contributed by atoms with E-state index in [9.17, 15) is 9.59 Å². The zero-order valence-corrected chi connectivity index (χ0v) is 18.3. The average molecular weight is 469 g/mol. The smallest absolute Gasteiger partial charge is 0.270 e. The molecule has 0 spiro atoms. The van der Waals surface area contributed by atoms with E-state index in [4.69, 9.17) is 11.6 Å². The van der Waals surface area contributed by atoms with Crippen LogP contribution in [0.3, 0.4) is 0 Å². The Labute approximate surface area is 191 Å². The first-order valence-corrected chi connectivity index (χ1v) is 10.7. The maximum atomic E-state index is 12.7. The summed E-state index contributed by atoms with van der Waals surface area (Å²) in [4.78, 5) is 33.0. The number of rotatable bonds is 7. The van der Waals surface area contributed by atoms with Gasteiger partial charge in [0.05, 0.1) is 10.4 Å². The van der Waals surface area contributed by atoms with Crippen molar-refractivity contribution in [1.29, 1.82) is 0 Å². The molecule has 0 radical (unpaired) electrons. The molecule has 0 aliphatic heterocycles. The van der Waals surface area contributed by atoms with E-state index in [0.29, 0.717) is 16.7 Å². The fourth-order valence-electron chi connectivity index (χ4n) is 2.88. The number of halogens is 1. The van der Waals surface area contributed by atoms with Crippen LogP contribution in [-0.2, 0) is 6.54 Å². The molecule has 1 aromatic carbocycles. The standard InChI is InChI=1S/C20H17ClN8O2S/c1-11(13-2-4-14(5-3-13)18-26-28-29-27-18)25-20(31)16-7-15(23-10-24-16)19(30)22-8-12-6-17(21)32-9-12/h2-7,9-11H,8H2,1H3,(H,22,30)(H,25,31)(H,26,27,28,29)/t11-/m0/s1. The van der Waals surface area contributed by atoms with E-state index >= 15 is 0 Å². The lowest BCUT2D eigenvalue weighted by atomic mass is 10.1. The van der Waals surface area contributed by atoms with Crippen molar-refractivity contribution in [1.82, 2.24) is 41.2 Å². The molecule has 0 saturated carbocycles. The van der Waals surface area contributed by atoms with Crippen LogP contribution in [0.4, 0.5) is 0 Å². The van der Waals surface area contributed by atoms with Crippen LogP contribution < -0.4 is 10.6 Å². The molecule has 0 fully saturated rings. The zero-order chi connectivity index (χ0) is 22.5. The molecular formula is C20H17ClN8O2S. The summed E-state index contributed by atoms with van der Waals surface area (Å²) in [6.07, 6.45) is 1.19. The number of aromatic nitrogens is 6. The van der Waals surface area contributed by atoms with Crippen LogP contribution in [0.2, 0.25) is 4.34 Å². The Bertz CT molecular complexity index is 1230. The molecule has 3 N–H and O–H groups in total. The van der Waals surface area contributed by atoms with Crippen molar-refractivity contribution in [3.63, 3.8) is 0 Å². The summed E-state index contributed by atoms with van der Waals surface area (Å²) in [7, 11) is 0. The monoisotopic (exact) mass is 468 g/mol. The van der Waals surface area contributed by atoms with Crippen molar-refractivity contribution in [2.45, 2.75) is 19.5 Å². The highest BCUT2D eigenvalue weighted by molar-refractivity contribution is 7.14. The van der Waals surface area contributed by atoms with Gasteiger partial charge in [0.2, 0.25) is 5.82 Å². The maximum absolute atomic E-state index is 12.7. The van der Waals surface area contributed by atoms with Crippen molar-refractivity contribution in [2.75, 3.05) is 0 Å². The van der Waals surface area contributed by atoms with E-state index in [2.05, 4.69) is 41.2 Å². The van der Waals surface area contributed by atoms with Crippen molar-refractivity contribution in [3.05, 3.63) is 75.0 Å². The number of H-pyrrole nitrogens is 1. The van der Waals surface area contributed by atoms with Crippen LogP contribution in [0.1, 0.15) is 45.1 Å². The van der Waals surface area contributed by atoms with Gasteiger partial charge >= 0.3 is 0 Å². The minimum absolute atomic E-state index is 0.0963. The Morgan fingerprint density at radius 2 is 1.88 bits per heavy atom. The van der Waals surface area contributed by atoms with Crippen LogP contribution >= 0.6 is 22.9 Å². The summed E-state index contributed by atoms with van der Waals surface area (Å²) in [6.45, 7) is 2.16. The van der Waals surface area contributed by atoms with E-state index in [0.717, 1.165) is 16.7 Å². The average Bonchev–Trinajstić information content (AvgIpc) is 3.49. The molecule has 0 aliphatic carbocycles. The molecular weight excluding hydrogens is 452 g/mol. The van der Waals surface area contributed by atoms with E-state index in [1.54, 1.807) is 6.07 Å². The lowest BCUT2D eigenvalue weighted by Gasteiger charge is -2.14. The SMILES string of the molecule is C[C@H](NC(=O)c1cc(C(=O)NCc2csc(Cl)c2)ncn1)c1ccc(-c2nn[nH]n2)cc1. The molecule has 0 saturated heterocycles. The minimum atomic E-state index is -0.416. The van der Waals surface area contributed by atoms with Crippen molar-refractivity contribution in [2.24, 2.45) is 0 Å². The summed E-state index contributed by atoms with van der Waals surface area (Å²) in [5.41, 5.74) is 2.77. The van der Waals surface area contributed by atoms with E-state index in [1.807, 2.05) is 36.6 Å². The van der Waals surface area contributed by atoms with Crippen molar-refractivity contribution in [3.8, 4) is 11.4 Å². The zero-order valence-electron chi connectivity index (χ0n) is 16.7. The number of tetrazole rings is 1. The number of hydrogen-bond donors (Lipinski definition) is 3. The lowest BCUT2D eigenvalue weighted by Crippen LogP contribution is -2.29. The number of amides is 2. The van der Waals surface area contributed by atoms with Gasteiger partial charge in [-0.25, -0.2) is 9.97 Å². The second-order valence-electron chi connectivity index (χ2n) is 6.78. The number of aromatic amines is 1.